The molecule has 0 radical (unpaired) electrons. The van der Waals surface area contributed by atoms with E-state index >= 15 is 0 Å². The lowest BCUT2D eigenvalue weighted by atomic mass is 10.1. The van der Waals surface area contributed by atoms with Crippen LogP contribution in [-0.4, -0.2) is 22.3 Å². The summed E-state index contributed by atoms with van der Waals surface area (Å²) in [6.45, 7) is 0. The van der Waals surface area contributed by atoms with Gasteiger partial charge in [0, 0.05) is 17.0 Å². The molecule has 4 heteroatoms. The van der Waals surface area contributed by atoms with Crippen molar-refractivity contribution in [3.8, 4) is 28.5 Å². The number of nitrogens with zero attached hydrogens (tertiary/aromatic N) is 1. The lowest BCUT2D eigenvalue weighted by Gasteiger charge is -2.08. The van der Waals surface area contributed by atoms with Crippen LogP contribution in [0.25, 0.3) is 22.2 Å². The predicted octanol–water partition coefficient (Wildman–Crippen LogP) is 3.32. The van der Waals surface area contributed by atoms with E-state index in [1.165, 1.54) is 12.1 Å². The normalized spacial score (nSPS) is 10.7. The van der Waals surface area contributed by atoms with Crippen molar-refractivity contribution in [1.29, 1.82) is 0 Å². The Hall–Kier alpha value is -2.75. The molecule has 1 heterocycles. The minimum atomic E-state index is -0.00764. The number of hydrogen-bond donors (Lipinski definition) is 2. The molecule has 100 valence electrons. The molecule has 0 saturated carbocycles. The fraction of sp³-hybridized carbons (Fsp3) is 0.0625. The molecule has 1 aromatic heterocycles. The van der Waals surface area contributed by atoms with Gasteiger partial charge in [-0.05, 0) is 24.3 Å². The van der Waals surface area contributed by atoms with Crippen LogP contribution in [0, 0.1) is 0 Å². The van der Waals surface area contributed by atoms with Gasteiger partial charge in [-0.1, -0.05) is 18.2 Å². The summed E-state index contributed by atoms with van der Waals surface area (Å²) in [5.74, 6) is 0.694. The second kappa shape index (κ2) is 4.74. The molecule has 0 spiro atoms. The molecule has 20 heavy (non-hydrogen) atoms. The summed E-state index contributed by atoms with van der Waals surface area (Å²) in [5.41, 5.74) is 1.93. The van der Waals surface area contributed by atoms with Gasteiger partial charge in [-0.3, -0.25) is 0 Å². The van der Waals surface area contributed by atoms with Crippen LogP contribution in [0.2, 0.25) is 0 Å². The Labute approximate surface area is 115 Å². The molecule has 0 bridgehead atoms. The Morgan fingerprint density at radius 1 is 1.00 bits per heavy atom. The SMILES string of the molecule is COc1cccc2ccc(-c3ccc(O)cc3O)nc12. The van der Waals surface area contributed by atoms with Gasteiger partial charge in [0.2, 0.25) is 0 Å². The highest BCUT2D eigenvalue weighted by Crippen LogP contribution is 2.33. The van der Waals surface area contributed by atoms with Crippen LogP contribution in [0.1, 0.15) is 0 Å². The van der Waals surface area contributed by atoms with Crippen molar-refractivity contribution in [1.82, 2.24) is 4.98 Å². The van der Waals surface area contributed by atoms with Crippen molar-refractivity contribution in [2.24, 2.45) is 0 Å². The fourth-order valence-electron chi connectivity index (χ4n) is 2.17. The van der Waals surface area contributed by atoms with E-state index in [0.717, 1.165) is 10.9 Å². The number of para-hydroxylation sites is 1. The number of hydrogen-bond acceptors (Lipinski definition) is 4. The van der Waals surface area contributed by atoms with Gasteiger partial charge in [0.05, 0.1) is 12.8 Å². The highest BCUT2D eigenvalue weighted by Gasteiger charge is 2.09. The molecule has 3 aromatic rings. The van der Waals surface area contributed by atoms with E-state index in [-0.39, 0.29) is 11.5 Å². The second-order valence-corrected chi connectivity index (χ2v) is 4.43. The number of aromatic hydroxyl groups is 2. The van der Waals surface area contributed by atoms with Gasteiger partial charge in [-0.25, -0.2) is 4.98 Å². The molecule has 3 rings (SSSR count). The first kappa shape index (κ1) is 12.3. The van der Waals surface area contributed by atoms with Crippen LogP contribution >= 0.6 is 0 Å². The molecular weight excluding hydrogens is 254 g/mol. The molecule has 4 nitrogen and oxygen atoms in total. The number of aromatic nitrogens is 1. The summed E-state index contributed by atoms with van der Waals surface area (Å²) in [5, 5.41) is 20.2. The first-order valence-corrected chi connectivity index (χ1v) is 6.15. The topological polar surface area (TPSA) is 62.6 Å². The number of pyridine rings is 1. The molecule has 0 fully saturated rings. The maximum atomic E-state index is 9.91. The summed E-state index contributed by atoms with van der Waals surface area (Å²) in [4.78, 5) is 4.54. The number of phenolic OH excluding ortho intramolecular Hbond substituents is 2. The van der Waals surface area contributed by atoms with Crippen LogP contribution in [0.15, 0.2) is 48.5 Å². The van der Waals surface area contributed by atoms with Gasteiger partial charge in [0.25, 0.3) is 0 Å². The van der Waals surface area contributed by atoms with Crippen LogP contribution in [0.3, 0.4) is 0 Å². The summed E-state index contributed by atoms with van der Waals surface area (Å²) in [6.07, 6.45) is 0. The van der Waals surface area contributed by atoms with Crippen LogP contribution in [-0.2, 0) is 0 Å². The Bertz CT molecular complexity index is 784. The fourth-order valence-corrected chi connectivity index (χ4v) is 2.17. The van der Waals surface area contributed by atoms with Crippen molar-refractivity contribution in [3.05, 3.63) is 48.5 Å². The Balaban J connectivity index is 2.22. The smallest absolute Gasteiger partial charge is 0.145 e. The number of ether oxygens (including phenoxy) is 1. The molecule has 0 atom stereocenters. The molecule has 0 aliphatic heterocycles. The van der Waals surface area contributed by atoms with Gasteiger partial charge >= 0.3 is 0 Å². The van der Waals surface area contributed by atoms with E-state index in [1.807, 2.05) is 30.3 Å². The maximum Gasteiger partial charge on any atom is 0.145 e. The first-order valence-electron chi connectivity index (χ1n) is 6.15. The Kier molecular flexibility index (Phi) is 2.91. The number of fused-ring (bicyclic) bond motifs is 1. The summed E-state index contributed by atoms with van der Waals surface area (Å²) in [6, 6.07) is 13.9. The molecule has 0 aliphatic rings. The average molecular weight is 267 g/mol. The Morgan fingerprint density at radius 2 is 1.85 bits per heavy atom. The molecule has 0 aliphatic carbocycles. The highest BCUT2D eigenvalue weighted by molar-refractivity contribution is 5.87. The monoisotopic (exact) mass is 267 g/mol. The number of methoxy groups -OCH3 is 1. The third kappa shape index (κ3) is 2.01. The Morgan fingerprint density at radius 3 is 2.60 bits per heavy atom. The zero-order valence-electron chi connectivity index (χ0n) is 10.9. The third-order valence-electron chi connectivity index (χ3n) is 3.16. The van der Waals surface area contributed by atoms with Gasteiger partial charge in [-0.2, -0.15) is 0 Å². The standard InChI is InChI=1S/C16H13NO3/c1-20-15-4-2-3-10-5-8-13(17-16(10)15)12-7-6-11(18)9-14(12)19/h2-9,18-19H,1H3. The number of rotatable bonds is 2. The lowest BCUT2D eigenvalue weighted by molar-refractivity contribution is 0.419. The summed E-state index contributed by atoms with van der Waals surface area (Å²) < 4.78 is 5.30. The minimum Gasteiger partial charge on any atom is -0.508 e. The van der Waals surface area contributed by atoms with E-state index in [0.29, 0.717) is 17.0 Å². The maximum absolute atomic E-state index is 9.91. The quantitative estimate of drug-likeness (QED) is 0.747. The minimum absolute atomic E-state index is 0.00764. The van der Waals surface area contributed by atoms with Crippen LogP contribution in [0.4, 0.5) is 0 Å². The highest BCUT2D eigenvalue weighted by atomic mass is 16.5. The molecule has 2 aromatic carbocycles. The zero-order chi connectivity index (χ0) is 14.1. The van der Waals surface area contributed by atoms with E-state index in [4.69, 9.17) is 4.74 Å². The number of phenols is 2. The molecule has 0 unspecified atom stereocenters. The zero-order valence-corrected chi connectivity index (χ0v) is 10.9. The summed E-state index contributed by atoms with van der Waals surface area (Å²) in [7, 11) is 1.60. The number of benzene rings is 2. The van der Waals surface area contributed by atoms with Crippen LogP contribution < -0.4 is 4.74 Å². The molecular formula is C16H13NO3. The van der Waals surface area contributed by atoms with E-state index in [9.17, 15) is 10.2 Å². The molecule has 2 N–H and O–H groups in total. The largest absolute Gasteiger partial charge is 0.508 e. The first-order chi connectivity index (χ1) is 9.69. The lowest BCUT2D eigenvalue weighted by Crippen LogP contribution is -1.90. The van der Waals surface area contributed by atoms with Crippen LogP contribution in [0.5, 0.6) is 17.2 Å². The predicted molar refractivity (Wildman–Crippen MR) is 77.1 cm³/mol. The molecule has 0 saturated heterocycles. The van der Waals surface area contributed by atoms with Gasteiger partial charge in [0.15, 0.2) is 0 Å². The molecule has 0 amide bonds. The van der Waals surface area contributed by atoms with Gasteiger partial charge in [-0.15, -0.1) is 0 Å². The van der Waals surface area contributed by atoms with E-state index in [1.54, 1.807) is 13.2 Å². The van der Waals surface area contributed by atoms with Crippen molar-refractivity contribution in [2.75, 3.05) is 7.11 Å². The third-order valence-corrected chi connectivity index (χ3v) is 3.16. The van der Waals surface area contributed by atoms with Crippen molar-refractivity contribution in [2.45, 2.75) is 0 Å². The second-order valence-electron chi connectivity index (χ2n) is 4.43. The summed E-state index contributed by atoms with van der Waals surface area (Å²) >= 11 is 0. The van der Waals surface area contributed by atoms with E-state index < -0.39 is 0 Å². The van der Waals surface area contributed by atoms with E-state index in [2.05, 4.69) is 4.98 Å². The average Bonchev–Trinajstić information content (AvgIpc) is 2.46. The van der Waals surface area contributed by atoms with Gasteiger partial charge in [0.1, 0.15) is 22.8 Å². The van der Waals surface area contributed by atoms with Crippen molar-refractivity contribution in [3.63, 3.8) is 0 Å². The van der Waals surface area contributed by atoms with Crippen molar-refractivity contribution >= 4 is 10.9 Å². The van der Waals surface area contributed by atoms with Crippen molar-refractivity contribution < 1.29 is 14.9 Å². The van der Waals surface area contributed by atoms with Gasteiger partial charge < -0.3 is 14.9 Å².